The summed E-state index contributed by atoms with van der Waals surface area (Å²) < 4.78 is 0. The summed E-state index contributed by atoms with van der Waals surface area (Å²) in [6.07, 6.45) is 1.97. The third kappa shape index (κ3) is 4.12. The van der Waals surface area contributed by atoms with Gasteiger partial charge in [0.1, 0.15) is 5.69 Å². The lowest BCUT2D eigenvalue weighted by atomic mass is 10.1. The molecule has 0 spiro atoms. The van der Waals surface area contributed by atoms with Crippen molar-refractivity contribution in [3.63, 3.8) is 0 Å². The zero-order valence-electron chi connectivity index (χ0n) is 11.9. The predicted octanol–water partition coefficient (Wildman–Crippen LogP) is 2.46. The third-order valence-corrected chi connectivity index (χ3v) is 3.38. The topological polar surface area (TPSA) is 75.5 Å². The summed E-state index contributed by atoms with van der Waals surface area (Å²) in [4.78, 5) is 24.3. The van der Waals surface area contributed by atoms with Crippen LogP contribution in [0.2, 0.25) is 0 Å². The highest BCUT2D eigenvalue weighted by molar-refractivity contribution is 7.98. The van der Waals surface area contributed by atoms with Crippen LogP contribution in [0.25, 0.3) is 0 Å². The number of amides is 1. The van der Waals surface area contributed by atoms with E-state index < -0.39 is 4.92 Å². The van der Waals surface area contributed by atoms with Crippen molar-refractivity contribution in [2.45, 2.75) is 6.92 Å². The van der Waals surface area contributed by atoms with Crippen molar-refractivity contribution in [2.75, 3.05) is 37.5 Å². The molecule has 110 valence electrons. The Bertz CT molecular complexity index is 494. The number of rotatable bonds is 7. The number of benzene rings is 1. The van der Waals surface area contributed by atoms with E-state index in [0.29, 0.717) is 24.3 Å². The summed E-state index contributed by atoms with van der Waals surface area (Å²) in [5.41, 5.74) is 0.693. The predicted molar refractivity (Wildman–Crippen MR) is 82.6 cm³/mol. The summed E-state index contributed by atoms with van der Waals surface area (Å²) in [6.45, 7) is 3.06. The van der Waals surface area contributed by atoms with Gasteiger partial charge in [-0.3, -0.25) is 14.9 Å². The molecule has 6 nitrogen and oxygen atoms in total. The largest absolute Gasteiger partial charge is 0.380 e. The molecule has 0 aliphatic heterocycles. The van der Waals surface area contributed by atoms with Gasteiger partial charge in [0, 0.05) is 37.5 Å². The van der Waals surface area contributed by atoms with Crippen LogP contribution in [0.15, 0.2) is 18.2 Å². The second-order valence-electron chi connectivity index (χ2n) is 4.24. The molecule has 0 radical (unpaired) electrons. The average molecular weight is 297 g/mol. The normalized spacial score (nSPS) is 10.2. The van der Waals surface area contributed by atoms with Crippen molar-refractivity contribution in [3.8, 4) is 0 Å². The van der Waals surface area contributed by atoms with E-state index >= 15 is 0 Å². The molecule has 0 bridgehead atoms. The van der Waals surface area contributed by atoms with Crippen LogP contribution in [0, 0.1) is 10.1 Å². The lowest BCUT2D eigenvalue weighted by molar-refractivity contribution is -0.384. The van der Waals surface area contributed by atoms with E-state index in [9.17, 15) is 14.9 Å². The molecule has 1 rings (SSSR count). The van der Waals surface area contributed by atoms with Crippen LogP contribution in [0.4, 0.5) is 11.4 Å². The molecular weight excluding hydrogens is 278 g/mol. The fourth-order valence-electron chi connectivity index (χ4n) is 1.71. The average Bonchev–Trinajstić information content (AvgIpc) is 2.44. The SMILES string of the molecule is CCNc1ccc(C(=O)N(C)CCSC)cc1[N+](=O)[O-]. The number of nitro groups is 1. The Hall–Kier alpha value is -1.76. The second-order valence-corrected chi connectivity index (χ2v) is 5.22. The van der Waals surface area contributed by atoms with E-state index in [-0.39, 0.29) is 11.6 Å². The number of carbonyl (C=O) groups excluding carboxylic acids is 1. The van der Waals surface area contributed by atoms with E-state index in [1.807, 2.05) is 13.2 Å². The minimum Gasteiger partial charge on any atom is -0.380 e. The van der Waals surface area contributed by atoms with E-state index in [0.717, 1.165) is 5.75 Å². The van der Waals surface area contributed by atoms with Gasteiger partial charge in [0.25, 0.3) is 11.6 Å². The van der Waals surface area contributed by atoms with Crippen LogP contribution in [0.1, 0.15) is 17.3 Å². The Morgan fingerprint density at radius 3 is 2.75 bits per heavy atom. The molecular formula is C13H19N3O3S. The van der Waals surface area contributed by atoms with Gasteiger partial charge in [0.2, 0.25) is 0 Å². The lowest BCUT2D eigenvalue weighted by Gasteiger charge is -2.16. The van der Waals surface area contributed by atoms with Gasteiger partial charge in [-0.25, -0.2) is 0 Å². The molecule has 1 amide bonds. The van der Waals surface area contributed by atoms with Gasteiger partial charge in [-0.15, -0.1) is 0 Å². The van der Waals surface area contributed by atoms with Gasteiger partial charge in [-0.05, 0) is 25.3 Å². The summed E-state index contributed by atoms with van der Waals surface area (Å²) in [6, 6.07) is 4.52. The van der Waals surface area contributed by atoms with Gasteiger partial charge in [-0.1, -0.05) is 0 Å². The molecule has 0 saturated carbocycles. The van der Waals surface area contributed by atoms with Crippen LogP contribution >= 0.6 is 11.8 Å². The van der Waals surface area contributed by atoms with Crippen molar-refractivity contribution in [1.29, 1.82) is 0 Å². The number of carbonyl (C=O) groups is 1. The number of anilines is 1. The van der Waals surface area contributed by atoms with Gasteiger partial charge >= 0.3 is 0 Å². The Kier molecular flexibility index (Phi) is 6.30. The van der Waals surface area contributed by atoms with Gasteiger partial charge < -0.3 is 10.2 Å². The lowest BCUT2D eigenvalue weighted by Crippen LogP contribution is -2.28. The minimum absolute atomic E-state index is 0.0732. The van der Waals surface area contributed by atoms with Crippen molar-refractivity contribution in [3.05, 3.63) is 33.9 Å². The summed E-state index contributed by atoms with van der Waals surface area (Å²) in [7, 11) is 1.70. The van der Waals surface area contributed by atoms with Gasteiger partial charge in [0.05, 0.1) is 4.92 Å². The van der Waals surface area contributed by atoms with Crippen molar-refractivity contribution >= 4 is 29.0 Å². The van der Waals surface area contributed by atoms with Gasteiger partial charge in [-0.2, -0.15) is 11.8 Å². The molecule has 0 heterocycles. The zero-order valence-corrected chi connectivity index (χ0v) is 12.7. The van der Waals surface area contributed by atoms with Crippen LogP contribution < -0.4 is 5.32 Å². The number of hydrogen-bond acceptors (Lipinski definition) is 5. The molecule has 20 heavy (non-hydrogen) atoms. The quantitative estimate of drug-likeness (QED) is 0.618. The highest BCUT2D eigenvalue weighted by Crippen LogP contribution is 2.25. The smallest absolute Gasteiger partial charge is 0.293 e. The molecule has 1 aromatic carbocycles. The molecule has 1 N–H and O–H groups in total. The van der Waals surface area contributed by atoms with Crippen LogP contribution in [0.5, 0.6) is 0 Å². The summed E-state index contributed by atoms with van der Waals surface area (Å²) in [5.74, 6) is 0.630. The fraction of sp³-hybridized carbons (Fsp3) is 0.462. The van der Waals surface area contributed by atoms with Crippen LogP contribution in [0.3, 0.4) is 0 Å². The molecule has 0 unspecified atom stereocenters. The third-order valence-electron chi connectivity index (χ3n) is 2.79. The first-order valence-corrected chi connectivity index (χ1v) is 7.67. The molecule has 0 aliphatic rings. The number of nitro benzene ring substituents is 1. The maximum Gasteiger partial charge on any atom is 0.293 e. The van der Waals surface area contributed by atoms with E-state index in [4.69, 9.17) is 0 Å². The number of nitrogens with one attached hydrogen (secondary N) is 1. The van der Waals surface area contributed by atoms with Crippen molar-refractivity contribution in [2.24, 2.45) is 0 Å². The van der Waals surface area contributed by atoms with Crippen molar-refractivity contribution in [1.82, 2.24) is 4.90 Å². The highest BCUT2D eigenvalue weighted by atomic mass is 32.2. The van der Waals surface area contributed by atoms with Crippen molar-refractivity contribution < 1.29 is 9.72 Å². The number of nitrogens with zero attached hydrogens (tertiary/aromatic N) is 2. The first kappa shape index (κ1) is 16.3. The molecule has 0 aliphatic carbocycles. The van der Waals surface area contributed by atoms with E-state index in [1.54, 1.807) is 35.8 Å². The minimum atomic E-state index is -0.476. The van der Waals surface area contributed by atoms with Crippen LogP contribution in [-0.4, -0.2) is 47.9 Å². The number of thioether (sulfide) groups is 1. The Morgan fingerprint density at radius 2 is 2.20 bits per heavy atom. The second kappa shape index (κ2) is 7.74. The summed E-state index contributed by atoms with van der Waals surface area (Å²) >= 11 is 1.65. The van der Waals surface area contributed by atoms with Crippen LogP contribution in [-0.2, 0) is 0 Å². The zero-order chi connectivity index (χ0) is 15.1. The number of hydrogen-bond donors (Lipinski definition) is 1. The monoisotopic (exact) mass is 297 g/mol. The maximum atomic E-state index is 12.2. The Balaban J connectivity index is 2.99. The summed E-state index contributed by atoms with van der Waals surface area (Å²) in [5, 5.41) is 14.0. The molecule has 0 fully saturated rings. The molecule has 1 aromatic rings. The maximum absolute atomic E-state index is 12.2. The Labute approximate surface area is 122 Å². The molecule has 7 heteroatoms. The standard InChI is InChI=1S/C13H19N3O3S/c1-4-14-11-6-5-10(9-12(11)16(18)19)13(17)15(2)7-8-20-3/h5-6,9,14H,4,7-8H2,1-3H3. The molecule has 0 atom stereocenters. The van der Waals surface area contributed by atoms with E-state index in [2.05, 4.69) is 5.32 Å². The first-order chi connectivity index (χ1) is 9.51. The fourth-order valence-corrected chi connectivity index (χ4v) is 2.16. The molecule has 0 saturated heterocycles. The Morgan fingerprint density at radius 1 is 1.50 bits per heavy atom. The highest BCUT2D eigenvalue weighted by Gasteiger charge is 2.19. The van der Waals surface area contributed by atoms with Gasteiger partial charge in [0.15, 0.2) is 0 Å². The first-order valence-electron chi connectivity index (χ1n) is 6.28. The van der Waals surface area contributed by atoms with E-state index in [1.165, 1.54) is 6.07 Å². The molecule has 0 aromatic heterocycles.